The van der Waals surface area contributed by atoms with Gasteiger partial charge in [-0.3, -0.25) is 9.48 Å². The van der Waals surface area contributed by atoms with E-state index in [0.29, 0.717) is 19.6 Å². The number of esters is 1. The molecule has 1 heterocycles. The molecule has 0 bridgehead atoms. The number of carbonyl (C=O) groups excluding carboxylic acids is 1. The average Bonchev–Trinajstić information content (AvgIpc) is 2.73. The predicted octanol–water partition coefficient (Wildman–Crippen LogP) is 0.583. The standard InChI is InChI=1S/C11H19N3O2/c1-3-14-10(5-6-13-14)7-9(8-12)11(15)16-4-2/h5-6,9H,3-4,7-8,12H2,1-2H3. The molecule has 0 saturated carbocycles. The molecule has 1 rings (SSSR count). The van der Waals surface area contributed by atoms with E-state index in [1.54, 1.807) is 13.1 Å². The molecule has 0 aliphatic heterocycles. The van der Waals surface area contributed by atoms with Crippen molar-refractivity contribution >= 4 is 5.97 Å². The van der Waals surface area contributed by atoms with Gasteiger partial charge in [-0.25, -0.2) is 0 Å². The fraction of sp³-hybridized carbons (Fsp3) is 0.636. The Morgan fingerprint density at radius 3 is 2.94 bits per heavy atom. The number of nitrogens with zero attached hydrogens (tertiary/aromatic N) is 2. The number of aromatic nitrogens is 2. The smallest absolute Gasteiger partial charge is 0.310 e. The van der Waals surface area contributed by atoms with Crippen LogP contribution >= 0.6 is 0 Å². The van der Waals surface area contributed by atoms with Crippen molar-refractivity contribution in [2.24, 2.45) is 11.7 Å². The van der Waals surface area contributed by atoms with Crippen LogP contribution in [0, 0.1) is 5.92 Å². The fourth-order valence-electron chi connectivity index (χ4n) is 1.59. The van der Waals surface area contributed by atoms with Gasteiger partial charge in [0.1, 0.15) is 0 Å². The van der Waals surface area contributed by atoms with Gasteiger partial charge in [0.05, 0.1) is 12.5 Å². The number of nitrogens with two attached hydrogens (primary N) is 1. The Hall–Kier alpha value is -1.36. The van der Waals surface area contributed by atoms with E-state index in [1.807, 2.05) is 17.7 Å². The maximum absolute atomic E-state index is 11.6. The van der Waals surface area contributed by atoms with Crippen molar-refractivity contribution in [2.75, 3.05) is 13.2 Å². The van der Waals surface area contributed by atoms with E-state index in [1.165, 1.54) is 0 Å². The molecule has 2 N–H and O–H groups in total. The average molecular weight is 225 g/mol. The molecule has 0 aliphatic carbocycles. The molecular formula is C11H19N3O2. The van der Waals surface area contributed by atoms with Gasteiger partial charge in [0.25, 0.3) is 0 Å². The summed E-state index contributed by atoms with van der Waals surface area (Å²) < 4.78 is 6.83. The molecule has 1 atom stereocenters. The number of ether oxygens (including phenoxy) is 1. The highest BCUT2D eigenvalue weighted by atomic mass is 16.5. The zero-order valence-electron chi connectivity index (χ0n) is 9.85. The van der Waals surface area contributed by atoms with Gasteiger partial charge in [0.15, 0.2) is 0 Å². The van der Waals surface area contributed by atoms with Crippen molar-refractivity contribution in [1.29, 1.82) is 0 Å². The Bertz CT molecular complexity index is 336. The van der Waals surface area contributed by atoms with Crippen molar-refractivity contribution < 1.29 is 9.53 Å². The summed E-state index contributed by atoms with van der Waals surface area (Å²) in [4.78, 5) is 11.6. The third kappa shape index (κ3) is 3.06. The lowest BCUT2D eigenvalue weighted by molar-refractivity contribution is -0.147. The summed E-state index contributed by atoms with van der Waals surface area (Å²) in [6, 6.07) is 1.91. The molecule has 0 fully saturated rings. The molecule has 5 nitrogen and oxygen atoms in total. The number of rotatable bonds is 6. The lowest BCUT2D eigenvalue weighted by Gasteiger charge is -2.13. The molecule has 0 spiro atoms. The van der Waals surface area contributed by atoms with Gasteiger partial charge in [-0.1, -0.05) is 0 Å². The van der Waals surface area contributed by atoms with Crippen LogP contribution in [0.1, 0.15) is 19.5 Å². The first-order chi connectivity index (χ1) is 7.72. The third-order valence-corrected chi connectivity index (χ3v) is 2.46. The van der Waals surface area contributed by atoms with Gasteiger partial charge in [-0.15, -0.1) is 0 Å². The second-order valence-electron chi connectivity index (χ2n) is 3.53. The molecule has 0 radical (unpaired) electrons. The minimum Gasteiger partial charge on any atom is -0.466 e. The summed E-state index contributed by atoms with van der Waals surface area (Å²) in [5.41, 5.74) is 6.60. The van der Waals surface area contributed by atoms with Crippen LogP contribution in [0.5, 0.6) is 0 Å². The Morgan fingerprint density at radius 1 is 1.62 bits per heavy atom. The van der Waals surface area contributed by atoms with Crippen LogP contribution in [0.15, 0.2) is 12.3 Å². The van der Waals surface area contributed by atoms with Crippen LogP contribution in [-0.2, 0) is 22.5 Å². The zero-order valence-corrected chi connectivity index (χ0v) is 9.85. The Morgan fingerprint density at radius 2 is 2.38 bits per heavy atom. The quantitative estimate of drug-likeness (QED) is 0.719. The van der Waals surface area contributed by atoms with E-state index in [0.717, 1.165) is 12.2 Å². The van der Waals surface area contributed by atoms with Crippen molar-refractivity contribution in [3.05, 3.63) is 18.0 Å². The van der Waals surface area contributed by atoms with Crippen LogP contribution in [-0.4, -0.2) is 28.9 Å². The Labute approximate surface area is 95.6 Å². The van der Waals surface area contributed by atoms with E-state index in [2.05, 4.69) is 5.10 Å². The lowest BCUT2D eigenvalue weighted by Crippen LogP contribution is -2.28. The highest BCUT2D eigenvalue weighted by Gasteiger charge is 2.20. The molecule has 0 aromatic carbocycles. The highest BCUT2D eigenvalue weighted by Crippen LogP contribution is 2.09. The normalized spacial score (nSPS) is 12.4. The summed E-state index contributed by atoms with van der Waals surface area (Å²) in [7, 11) is 0. The van der Waals surface area contributed by atoms with Crippen LogP contribution in [0.25, 0.3) is 0 Å². The fourth-order valence-corrected chi connectivity index (χ4v) is 1.59. The number of carbonyl (C=O) groups is 1. The van der Waals surface area contributed by atoms with Crippen molar-refractivity contribution in [3.8, 4) is 0 Å². The molecule has 90 valence electrons. The first-order valence-corrected chi connectivity index (χ1v) is 5.60. The Balaban J connectivity index is 2.66. The highest BCUT2D eigenvalue weighted by molar-refractivity contribution is 5.73. The van der Waals surface area contributed by atoms with E-state index in [9.17, 15) is 4.79 Å². The van der Waals surface area contributed by atoms with Crippen molar-refractivity contribution in [3.63, 3.8) is 0 Å². The van der Waals surface area contributed by atoms with Gasteiger partial charge in [0, 0.05) is 31.4 Å². The summed E-state index contributed by atoms with van der Waals surface area (Å²) in [5, 5.41) is 4.15. The SMILES string of the molecule is CCOC(=O)C(CN)Cc1ccnn1CC. The topological polar surface area (TPSA) is 70.1 Å². The molecule has 1 aromatic rings. The van der Waals surface area contributed by atoms with Gasteiger partial charge >= 0.3 is 5.97 Å². The Kier molecular flexibility index (Phi) is 4.98. The number of hydrogen-bond acceptors (Lipinski definition) is 4. The van der Waals surface area contributed by atoms with E-state index in [4.69, 9.17) is 10.5 Å². The molecule has 1 aromatic heterocycles. The summed E-state index contributed by atoms with van der Waals surface area (Å²) >= 11 is 0. The van der Waals surface area contributed by atoms with Gasteiger partial charge in [-0.2, -0.15) is 5.10 Å². The monoisotopic (exact) mass is 225 g/mol. The lowest BCUT2D eigenvalue weighted by atomic mass is 10.0. The maximum atomic E-state index is 11.6. The van der Waals surface area contributed by atoms with Crippen LogP contribution < -0.4 is 5.73 Å². The first kappa shape index (κ1) is 12.7. The molecule has 16 heavy (non-hydrogen) atoms. The van der Waals surface area contributed by atoms with Crippen LogP contribution in [0.2, 0.25) is 0 Å². The minimum atomic E-state index is -0.276. The summed E-state index contributed by atoms with van der Waals surface area (Å²) in [5.74, 6) is -0.504. The van der Waals surface area contributed by atoms with E-state index >= 15 is 0 Å². The second kappa shape index (κ2) is 6.27. The minimum absolute atomic E-state index is 0.228. The second-order valence-corrected chi connectivity index (χ2v) is 3.53. The molecular weight excluding hydrogens is 206 g/mol. The van der Waals surface area contributed by atoms with Crippen molar-refractivity contribution in [2.45, 2.75) is 26.8 Å². The third-order valence-electron chi connectivity index (χ3n) is 2.46. The van der Waals surface area contributed by atoms with Crippen LogP contribution in [0.4, 0.5) is 0 Å². The largest absolute Gasteiger partial charge is 0.466 e. The van der Waals surface area contributed by atoms with Crippen LogP contribution in [0.3, 0.4) is 0 Å². The summed E-state index contributed by atoms with van der Waals surface area (Å²) in [6.07, 6.45) is 2.32. The zero-order chi connectivity index (χ0) is 12.0. The predicted molar refractivity (Wildman–Crippen MR) is 60.8 cm³/mol. The first-order valence-electron chi connectivity index (χ1n) is 5.60. The van der Waals surface area contributed by atoms with Gasteiger partial charge in [-0.05, 0) is 19.9 Å². The molecule has 0 aliphatic rings. The molecule has 0 amide bonds. The molecule has 0 saturated heterocycles. The van der Waals surface area contributed by atoms with Gasteiger partial charge in [0.2, 0.25) is 0 Å². The maximum Gasteiger partial charge on any atom is 0.310 e. The van der Waals surface area contributed by atoms with Gasteiger partial charge < -0.3 is 10.5 Å². The number of hydrogen-bond donors (Lipinski definition) is 1. The number of aryl methyl sites for hydroxylation is 1. The molecule has 1 unspecified atom stereocenters. The molecule has 5 heteroatoms. The summed E-state index contributed by atoms with van der Waals surface area (Å²) in [6.45, 7) is 5.29. The van der Waals surface area contributed by atoms with Crippen molar-refractivity contribution in [1.82, 2.24) is 9.78 Å². The van der Waals surface area contributed by atoms with E-state index in [-0.39, 0.29) is 11.9 Å². The van der Waals surface area contributed by atoms with E-state index < -0.39 is 0 Å².